The summed E-state index contributed by atoms with van der Waals surface area (Å²) in [6.07, 6.45) is 8.41. The lowest BCUT2D eigenvalue weighted by molar-refractivity contribution is -0.0000123. The van der Waals surface area contributed by atoms with Gasteiger partial charge in [0.25, 0.3) is 0 Å². The highest BCUT2D eigenvalue weighted by atomic mass is 128. The van der Waals surface area contributed by atoms with E-state index in [2.05, 4.69) is 181 Å². The molecule has 12 heteroatoms. The fraction of sp³-hybridized carbons (Fsp3) is 0.455. The summed E-state index contributed by atoms with van der Waals surface area (Å²) < 4.78 is 34.0. The standard InChI is InChI=1S/C44H64N4O4P.I2.HI/c1-9-13-33-45(37-17-25-41(49-5)26-18-37)53(46(34-14-10-2)38-19-27-42(50-6)28-20-38,47(35-15-11-3)39-21-29-43(51-7)30-22-39)48(36-16-12-4)40-23-31-44(52-8)32-24-40;1-2;/h17-32H,9-16,33-36H2,1-8H3;;1H/q+1;;/p-1. The summed E-state index contributed by atoms with van der Waals surface area (Å²) in [5.41, 5.74) is 4.69. The van der Waals surface area contributed by atoms with Crippen molar-refractivity contribution in [3.63, 3.8) is 0 Å². The molecule has 0 amide bonds. The van der Waals surface area contributed by atoms with Crippen LogP contribution in [0.4, 0.5) is 22.7 Å². The molecule has 8 nitrogen and oxygen atoms in total. The highest BCUT2D eigenvalue weighted by Crippen LogP contribution is 2.74. The molecule has 56 heavy (non-hydrogen) atoms. The summed E-state index contributed by atoms with van der Waals surface area (Å²) in [6, 6.07) is 34.9. The average Bonchev–Trinajstić information content (AvgIpc) is 3.25. The molecule has 0 N–H and O–H groups in total. The Labute approximate surface area is 379 Å². The third-order valence-electron chi connectivity index (χ3n) is 9.67. The zero-order valence-electron chi connectivity index (χ0n) is 34.7. The molecule has 0 atom stereocenters. The molecular formula is C44H64I3N4O4P. The molecule has 0 heterocycles. The van der Waals surface area contributed by atoms with Crippen molar-refractivity contribution in [3.8, 4) is 23.0 Å². The first-order valence-corrected chi connectivity index (χ1v) is 27.6. The molecular weight excluding hydrogens is 1060 g/mol. The van der Waals surface area contributed by atoms with E-state index in [1.807, 2.05) is 0 Å². The van der Waals surface area contributed by atoms with E-state index in [0.717, 1.165) is 101 Å². The lowest BCUT2D eigenvalue weighted by Gasteiger charge is -2.53. The molecule has 310 valence electrons. The normalized spacial score (nSPS) is 10.7. The first kappa shape index (κ1) is 50.0. The van der Waals surface area contributed by atoms with Crippen LogP contribution in [-0.2, 0) is 0 Å². The van der Waals surface area contributed by atoms with Crippen molar-refractivity contribution in [3.05, 3.63) is 97.1 Å². The third kappa shape index (κ3) is 12.9. The molecule has 0 spiro atoms. The minimum Gasteiger partial charge on any atom is -1.00 e. The minimum absolute atomic E-state index is 0. The molecule has 4 rings (SSSR count). The van der Waals surface area contributed by atoms with Crippen LogP contribution in [0.2, 0.25) is 0 Å². The Morgan fingerprint density at radius 3 is 0.696 bits per heavy atom. The van der Waals surface area contributed by atoms with Crippen LogP contribution in [0.5, 0.6) is 23.0 Å². The Bertz CT molecular complexity index is 1360. The summed E-state index contributed by atoms with van der Waals surface area (Å²) in [4.78, 5) is 0. The second-order valence-electron chi connectivity index (χ2n) is 13.2. The predicted molar refractivity (Wildman–Crippen MR) is 256 cm³/mol. The number of methoxy groups -OCH3 is 4. The summed E-state index contributed by atoms with van der Waals surface area (Å²) in [5.74, 6) is 3.40. The van der Waals surface area contributed by atoms with Crippen molar-refractivity contribution >= 4 is 67.8 Å². The fourth-order valence-corrected chi connectivity index (χ4v) is 11.7. The Hall–Kier alpha value is -2.10. The Balaban J connectivity index is 0.00000355. The average molecular weight is 1120 g/mol. The fourth-order valence-electron chi connectivity index (χ4n) is 6.70. The molecule has 4 aromatic carbocycles. The van der Waals surface area contributed by atoms with E-state index in [9.17, 15) is 0 Å². The molecule has 0 saturated heterocycles. The molecule has 0 fully saturated rings. The van der Waals surface area contributed by atoms with Gasteiger partial charge in [0.05, 0.1) is 77.4 Å². The minimum atomic E-state index is -2.87. The van der Waals surface area contributed by atoms with Gasteiger partial charge in [-0.2, -0.15) is 18.7 Å². The van der Waals surface area contributed by atoms with Gasteiger partial charge in [0, 0.05) is 37.2 Å². The van der Waals surface area contributed by atoms with Crippen molar-refractivity contribution < 1.29 is 42.9 Å². The van der Waals surface area contributed by atoms with Gasteiger partial charge in [-0.1, -0.05) is 53.4 Å². The summed E-state index contributed by atoms with van der Waals surface area (Å²) in [5, 5.41) is 0. The van der Waals surface area contributed by atoms with E-state index in [1.54, 1.807) is 28.4 Å². The maximum absolute atomic E-state index is 5.71. The van der Waals surface area contributed by atoms with E-state index in [-0.39, 0.29) is 24.0 Å². The van der Waals surface area contributed by atoms with E-state index >= 15 is 0 Å². The number of anilines is 4. The number of unbranched alkanes of at least 4 members (excludes halogenated alkanes) is 4. The van der Waals surface area contributed by atoms with Crippen molar-refractivity contribution in [2.24, 2.45) is 0 Å². The first-order valence-electron chi connectivity index (χ1n) is 19.7. The number of nitrogens with zero attached hydrogens (tertiary/aromatic N) is 4. The molecule has 4 aromatic rings. The molecule has 0 aliphatic carbocycles. The Kier molecular flexibility index (Phi) is 24.6. The topological polar surface area (TPSA) is 49.9 Å². The first-order chi connectivity index (χ1) is 26.9. The summed E-state index contributed by atoms with van der Waals surface area (Å²) in [7, 11) is 4.09. The lowest BCUT2D eigenvalue weighted by atomic mass is 10.2. The number of halogens is 3. The van der Waals surface area contributed by atoms with Gasteiger partial charge in [0.1, 0.15) is 23.0 Å². The Morgan fingerprint density at radius 1 is 0.375 bits per heavy atom. The SMILES string of the molecule is CCCCN(c1ccc(OC)cc1)[P+](N(CCCC)c1ccc(OC)cc1)(N(CCCC)c1ccc(OC)cc1)N(CCCC)c1ccc(OC)cc1.II.[I-]. The number of hydrogen-bond acceptors (Lipinski definition) is 8. The van der Waals surface area contributed by atoms with E-state index in [0.29, 0.717) is 0 Å². The van der Waals surface area contributed by atoms with Crippen molar-refractivity contribution in [2.75, 3.05) is 73.3 Å². The maximum Gasteiger partial charge on any atom is 0.405 e. The number of benzene rings is 4. The van der Waals surface area contributed by atoms with Crippen LogP contribution < -0.4 is 61.6 Å². The van der Waals surface area contributed by atoms with E-state index in [1.165, 1.54) is 22.7 Å². The van der Waals surface area contributed by atoms with Gasteiger partial charge in [-0.25, -0.2) is 0 Å². The summed E-state index contributed by atoms with van der Waals surface area (Å²) in [6.45, 7) is 12.6. The molecule has 0 aliphatic heterocycles. The molecule has 0 aliphatic rings. The maximum atomic E-state index is 5.71. The molecule has 0 saturated carbocycles. The smallest absolute Gasteiger partial charge is 0.405 e. The van der Waals surface area contributed by atoms with Crippen LogP contribution in [0, 0.1) is 0 Å². The van der Waals surface area contributed by atoms with Crippen molar-refractivity contribution in [2.45, 2.75) is 79.1 Å². The van der Waals surface area contributed by atoms with Crippen molar-refractivity contribution in [1.29, 1.82) is 0 Å². The second kappa shape index (κ2) is 27.6. The van der Waals surface area contributed by atoms with Crippen LogP contribution in [-0.4, -0.2) is 54.6 Å². The van der Waals surface area contributed by atoms with Gasteiger partial charge < -0.3 is 42.9 Å². The lowest BCUT2D eigenvalue weighted by Crippen LogP contribution is -3.00. The van der Waals surface area contributed by atoms with Crippen LogP contribution in [0.25, 0.3) is 0 Å². The molecule has 0 unspecified atom stereocenters. The monoisotopic (exact) mass is 1120 g/mol. The molecule has 0 bridgehead atoms. The third-order valence-corrected chi connectivity index (χ3v) is 14.0. The van der Waals surface area contributed by atoms with Gasteiger partial charge in [-0.05, 0) is 123 Å². The zero-order chi connectivity index (χ0) is 40.1. The van der Waals surface area contributed by atoms with Crippen LogP contribution in [0.3, 0.4) is 0 Å². The van der Waals surface area contributed by atoms with Crippen molar-refractivity contribution in [1.82, 2.24) is 0 Å². The summed E-state index contributed by atoms with van der Waals surface area (Å²) >= 11 is 4.24. The zero-order valence-corrected chi connectivity index (χ0v) is 42.1. The number of hydrogen-bond donors (Lipinski definition) is 0. The molecule has 0 aromatic heterocycles. The quantitative estimate of drug-likeness (QED) is 0.0508. The largest absolute Gasteiger partial charge is 1.00 e. The van der Waals surface area contributed by atoms with Gasteiger partial charge in [-0.3, -0.25) is 0 Å². The van der Waals surface area contributed by atoms with Crippen LogP contribution >= 0.6 is 45.1 Å². The highest BCUT2D eigenvalue weighted by molar-refractivity contribution is 15.0. The van der Waals surface area contributed by atoms with E-state index in [4.69, 9.17) is 18.9 Å². The number of rotatable bonds is 24. The van der Waals surface area contributed by atoms with Gasteiger partial charge >= 0.3 is 7.87 Å². The van der Waals surface area contributed by atoms with Gasteiger partial charge in [-0.15, -0.1) is 0 Å². The van der Waals surface area contributed by atoms with Gasteiger partial charge in [0.2, 0.25) is 0 Å². The highest BCUT2D eigenvalue weighted by Gasteiger charge is 2.63. The Morgan fingerprint density at radius 2 is 0.554 bits per heavy atom. The van der Waals surface area contributed by atoms with Crippen LogP contribution in [0.15, 0.2) is 97.1 Å². The van der Waals surface area contributed by atoms with Gasteiger partial charge in [0.15, 0.2) is 0 Å². The molecule has 0 radical (unpaired) electrons. The predicted octanol–water partition coefficient (Wildman–Crippen LogP) is 10.7. The second-order valence-corrected chi connectivity index (χ2v) is 16.2. The number of ether oxygens (including phenoxy) is 4. The van der Waals surface area contributed by atoms with Crippen LogP contribution in [0.1, 0.15) is 79.1 Å². The van der Waals surface area contributed by atoms with E-state index < -0.39 is 7.87 Å².